The zero-order valence-electron chi connectivity index (χ0n) is 11.8. The number of pyridine rings is 1. The first-order valence-electron chi connectivity index (χ1n) is 6.24. The van der Waals surface area contributed by atoms with Crippen LogP contribution in [-0.4, -0.2) is 24.9 Å². The summed E-state index contributed by atoms with van der Waals surface area (Å²) < 4.78 is 5.78. The van der Waals surface area contributed by atoms with Gasteiger partial charge in [0.1, 0.15) is 11.6 Å². The van der Waals surface area contributed by atoms with E-state index < -0.39 is 0 Å². The molecule has 1 aromatic carbocycles. The Morgan fingerprint density at radius 3 is 2.70 bits per heavy atom. The van der Waals surface area contributed by atoms with Gasteiger partial charge in [0, 0.05) is 32.0 Å². The minimum Gasteiger partial charge on any atom is -0.438 e. The van der Waals surface area contributed by atoms with Gasteiger partial charge in [-0.1, -0.05) is 6.07 Å². The maximum absolute atomic E-state index is 7.64. The van der Waals surface area contributed by atoms with Crippen LogP contribution in [-0.2, 0) is 0 Å². The molecular weight excluding hydrogens is 252 g/mol. The fourth-order valence-corrected chi connectivity index (χ4v) is 1.88. The number of benzene rings is 1. The van der Waals surface area contributed by atoms with E-state index in [0.29, 0.717) is 17.2 Å². The average Bonchev–Trinajstić information content (AvgIpc) is 2.38. The number of ether oxygens (including phenoxy) is 1. The lowest BCUT2D eigenvalue weighted by molar-refractivity contribution is 0.461. The summed E-state index contributed by atoms with van der Waals surface area (Å²) in [4.78, 5) is 6.16. The highest BCUT2D eigenvalue weighted by Crippen LogP contribution is 2.27. The summed E-state index contributed by atoms with van der Waals surface area (Å²) in [7, 11) is 3.93. The molecule has 0 saturated heterocycles. The molecule has 0 aliphatic carbocycles. The first-order chi connectivity index (χ1) is 9.49. The lowest BCUT2D eigenvalue weighted by atomic mass is 10.1. The maximum atomic E-state index is 7.64. The second-order valence-corrected chi connectivity index (χ2v) is 4.72. The number of rotatable bonds is 4. The number of anilines is 1. The van der Waals surface area contributed by atoms with Crippen molar-refractivity contribution in [1.82, 2.24) is 4.98 Å². The van der Waals surface area contributed by atoms with Crippen LogP contribution in [0.1, 0.15) is 11.1 Å². The fourth-order valence-electron chi connectivity index (χ4n) is 1.88. The van der Waals surface area contributed by atoms with Gasteiger partial charge in [-0.15, -0.1) is 0 Å². The Hall–Kier alpha value is -2.56. The molecule has 3 N–H and O–H groups in total. The topological polar surface area (TPSA) is 75.2 Å². The number of nitrogens with zero attached hydrogens (tertiary/aromatic N) is 2. The van der Waals surface area contributed by atoms with Gasteiger partial charge in [-0.2, -0.15) is 0 Å². The number of nitrogens with two attached hydrogens (primary N) is 1. The predicted molar refractivity (Wildman–Crippen MR) is 80.8 cm³/mol. The lowest BCUT2D eigenvalue weighted by Crippen LogP contribution is -2.15. The minimum absolute atomic E-state index is 0.0469. The molecule has 1 aromatic heterocycles. The molecule has 5 nitrogen and oxygen atoms in total. The second kappa shape index (κ2) is 5.61. The van der Waals surface area contributed by atoms with Gasteiger partial charge in [-0.05, 0) is 30.7 Å². The summed E-state index contributed by atoms with van der Waals surface area (Å²) >= 11 is 0. The third-order valence-electron chi connectivity index (χ3n) is 2.94. The van der Waals surface area contributed by atoms with Crippen molar-refractivity contribution in [3.8, 4) is 11.6 Å². The molecule has 104 valence electrons. The Bertz CT molecular complexity index is 638. The minimum atomic E-state index is -0.0469. The van der Waals surface area contributed by atoms with E-state index in [1.54, 1.807) is 12.3 Å². The number of nitrogens with one attached hydrogen (secondary N) is 1. The van der Waals surface area contributed by atoms with Crippen LogP contribution in [0.2, 0.25) is 0 Å². The Kier molecular flexibility index (Phi) is 3.89. The molecule has 0 fully saturated rings. The van der Waals surface area contributed by atoms with Crippen LogP contribution in [0.3, 0.4) is 0 Å². The number of amidine groups is 1. The standard InChI is InChI=1S/C15H18N4O/c1-10-7-8-18-15(13(10)14(16)17)20-12-6-4-5-11(9-12)19(2)3/h4-9H,1-3H3,(H3,16,17). The molecule has 0 unspecified atom stereocenters. The van der Waals surface area contributed by atoms with Crippen molar-refractivity contribution in [2.24, 2.45) is 5.73 Å². The van der Waals surface area contributed by atoms with E-state index in [1.807, 2.05) is 50.2 Å². The molecule has 2 rings (SSSR count). The molecule has 0 bridgehead atoms. The molecule has 1 heterocycles. The average molecular weight is 270 g/mol. The van der Waals surface area contributed by atoms with Crippen molar-refractivity contribution >= 4 is 11.5 Å². The first kappa shape index (κ1) is 13.9. The number of aromatic nitrogens is 1. The van der Waals surface area contributed by atoms with Crippen LogP contribution in [0.5, 0.6) is 11.6 Å². The zero-order valence-corrected chi connectivity index (χ0v) is 11.8. The lowest BCUT2D eigenvalue weighted by Gasteiger charge is -2.15. The largest absolute Gasteiger partial charge is 0.438 e. The molecular formula is C15H18N4O. The van der Waals surface area contributed by atoms with E-state index in [9.17, 15) is 0 Å². The van der Waals surface area contributed by atoms with Crippen LogP contribution >= 0.6 is 0 Å². The van der Waals surface area contributed by atoms with Crippen LogP contribution < -0.4 is 15.4 Å². The summed E-state index contributed by atoms with van der Waals surface area (Å²) in [6.07, 6.45) is 1.65. The van der Waals surface area contributed by atoms with Gasteiger partial charge in [-0.25, -0.2) is 4.98 Å². The molecule has 0 atom stereocenters. The van der Waals surface area contributed by atoms with Gasteiger partial charge in [0.05, 0.1) is 5.56 Å². The Balaban J connectivity index is 2.38. The summed E-state index contributed by atoms with van der Waals surface area (Å²) in [5, 5.41) is 7.64. The van der Waals surface area contributed by atoms with Crippen molar-refractivity contribution in [2.75, 3.05) is 19.0 Å². The van der Waals surface area contributed by atoms with Gasteiger partial charge in [-0.3, -0.25) is 5.41 Å². The number of hydrogen-bond donors (Lipinski definition) is 2. The zero-order chi connectivity index (χ0) is 14.7. The summed E-state index contributed by atoms with van der Waals surface area (Å²) in [6.45, 7) is 1.88. The Morgan fingerprint density at radius 1 is 1.30 bits per heavy atom. The van der Waals surface area contributed by atoms with Gasteiger partial charge >= 0.3 is 0 Å². The van der Waals surface area contributed by atoms with Crippen LogP contribution in [0.25, 0.3) is 0 Å². The molecule has 0 saturated carbocycles. The van der Waals surface area contributed by atoms with E-state index in [-0.39, 0.29) is 5.84 Å². The summed E-state index contributed by atoms with van der Waals surface area (Å²) in [5.74, 6) is 0.972. The maximum Gasteiger partial charge on any atom is 0.230 e. The molecule has 0 aliphatic heterocycles. The number of nitrogen functional groups attached to an aromatic ring is 1. The molecule has 0 amide bonds. The molecule has 2 aromatic rings. The van der Waals surface area contributed by atoms with Crippen LogP contribution in [0.4, 0.5) is 5.69 Å². The predicted octanol–water partition coefficient (Wildman–Crippen LogP) is 2.53. The first-order valence-corrected chi connectivity index (χ1v) is 6.24. The third-order valence-corrected chi connectivity index (χ3v) is 2.94. The number of hydrogen-bond acceptors (Lipinski definition) is 4. The SMILES string of the molecule is Cc1ccnc(Oc2cccc(N(C)C)c2)c1C(=N)N. The van der Waals surface area contributed by atoms with Crippen molar-refractivity contribution in [2.45, 2.75) is 6.92 Å². The van der Waals surface area contributed by atoms with E-state index in [1.165, 1.54) is 0 Å². The highest BCUT2D eigenvalue weighted by atomic mass is 16.5. The Labute approximate surface area is 118 Å². The van der Waals surface area contributed by atoms with Crippen LogP contribution in [0.15, 0.2) is 36.5 Å². The van der Waals surface area contributed by atoms with E-state index in [4.69, 9.17) is 15.9 Å². The number of aryl methyl sites for hydroxylation is 1. The Morgan fingerprint density at radius 2 is 2.05 bits per heavy atom. The molecule has 0 aliphatic rings. The quantitative estimate of drug-likeness (QED) is 0.661. The highest BCUT2D eigenvalue weighted by molar-refractivity contribution is 5.98. The molecule has 5 heteroatoms. The van der Waals surface area contributed by atoms with Crippen molar-refractivity contribution in [3.05, 3.63) is 47.7 Å². The third kappa shape index (κ3) is 2.88. The smallest absolute Gasteiger partial charge is 0.230 e. The van der Waals surface area contributed by atoms with Gasteiger partial charge < -0.3 is 15.4 Å². The van der Waals surface area contributed by atoms with Crippen LogP contribution in [0, 0.1) is 12.3 Å². The van der Waals surface area contributed by atoms with E-state index in [2.05, 4.69) is 4.98 Å². The van der Waals surface area contributed by atoms with Crippen molar-refractivity contribution in [3.63, 3.8) is 0 Å². The van der Waals surface area contributed by atoms with Gasteiger partial charge in [0.25, 0.3) is 0 Å². The molecule has 0 radical (unpaired) electrons. The second-order valence-electron chi connectivity index (χ2n) is 4.72. The fraction of sp³-hybridized carbons (Fsp3) is 0.200. The van der Waals surface area contributed by atoms with Crippen molar-refractivity contribution < 1.29 is 4.74 Å². The van der Waals surface area contributed by atoms with E-state index in [0.717, 1.165) is 11.3 Å². The molecule has 20 heavy (non-hydrogen) atoms. The molecule has 0 spiro atoms. The normalized spacial score (nSPS) is 10.2. The summed E-state index contributed by atoms with van der Waals surface area (Å²) in [6, 6.07) is 9.46. The van der Waals surface area contributed by atoms with E-state index >= 15 is 0 Å². The van der Waals surface area contributed by atoms with Gasteiger partial charge in [0.2, 0.25) is 5.88 Å². The van der Waals surface area contributed by atoms with Gasteiger partial charge in [0.15, 0.2) is 0 Å². The summed E-state index contributed by atoms with van der Waals surface area (Å²) in [5.41, 5.74) is 8.03. The monoisotopic (exact) mass is 270 g/mol. The van der Waals surface area contributed by atoms with Crippen molar-refractivity contribution in [1.29, 1.82) is 5.41 Å². The highest BCUT2D eigenvalue weighted by Gasteiger charge is 2.12.